The van der Waals surface area contributed by atoms with Gasteiger partial charge in [0.05, 0.1) is 5.56 Å². The highest BCUT2D eigenvalue weighted by molar-refractivity contribution is 9.10. The summed E-state index contributed by atoms with van der Waals surface area (Å²) < 4.78 is 0.533. The number of aldehydes is 1. The van der Waals surface area contributed by atoms with Gasteiger partial charge < -0.3 is 5.11 Å². The molecule has 1 aromatic rings. The van der Waals surface area contributed by atoms with E-state index in [1.807, 2.05) is 0 Å². The summed E-state index contributed by atoms with van der Waals surface area (Å²) in [6, 6.07) is 1.33. The number of carbonyl (C=O) groups excluding carboxylic acids is 1. The zero-order valence-electron chi connectivity index (χ0n) is 5.82. The van der Waals surface area contributed by atoms with E-state index in [0.29, 0.717) is 10.8 Å². The van der Waals surface area contributed by atoms with Gasteiger partial charge in [0.1, 0.15) is 5.69 Å². The van der Waals surface area contributed by atoms with E-state index >= 15 is 0 Å². The van der Waals surface area contributed by atoms with Crippen LogP contribution >= 0.6 is 15.9 Å². The van der Waals surface area contributed by atoms with E-state index in [-0.39, 0.29) is 11.3 Å². The van der Waals surface area contributed by atoms with Crippen LogP contribution in [0.2, 0.25) is 0 Å². The van der Waals surface area contributed by atoms with E-state index in [1.54, 1.807) is 0 Å². The zero-order valence-corrected chi connectivity index (χ0v) is 7.41. The minimum Gasteiger partial charge on any atom is -0.478 e. The lowest BCUT2D eigenvalue weighted by Gasteiger charge is -1.97. The lowest BCUT2D eigenvalue weighted by molar-refractivity contribution is 0.0693. The van der Waals surface area contributed by atoms with Gasteiger partial charge in [-0.2, -0.15) is 0 Å². The Hall–Kier alpha value is -1.23. The van der Waals surface area contributed by atoms with Crippen LogP contribution in [0.3, 0.4) is 0 Å². The second kappa shape index (κ2) is 3.44. The minimum atomic E-state index is -1.16. The summed E-state index contributed by atoms with van der Waals surface area (Å²) >= 11 is 3.05. The summed E-state index contributed by atoms with van der Waals surface area (Å²) in [5, 5.41) is 8.60. The molecule has 1 N–H and O–H groups in total. The number of aromatic carboxylic acids is 1. The third-order valence-corrected chi connectivity index (χ3v) is 1.66. The minimum absolute atomic E-state index is 0.0642. The molecule has 0 radical (unpaired) electrons. The molecule has 62 valence electrons. The third kappa shape index (κ3) is 1.68. The van der Waals surface area contributed by atoms with Gasteiger partial charge in [0.15, 0.2) is 6.29 Å². The fraction of sp³-hybridized carbons (Fsp3) is 0. The summed E-state index contributed by atoms with van der Waals surface area (Å²) in [5.41, 5.74) is -0.162. The molecule has 0 aliphatic heterocycles. The number of carboxylic acids is 1. The molecule has 1 aromatic heterocycles. The SMILES string of the molecule is O=Cc1ncc(Br)cc1C(=O)O. The Bertz CT molecular complexity index is 337. The molecule has 0 aliphatic carbocycles. The van der Waals surface area contributed by atoms with Crippen molar-refractivity contribution in [2.24, 2.45) is 0 Å². The third-order valence-electron chi connectivity index (χ3n) is 1.23. The van der Waals surface area contributed by atoms with Gasteiger partial charge in [0.2, 0.25) is 0 Å². The van der Waals surface area contributed by atoms with Crippen LogP contribution in [-0.2, 0) is 0 Å². The van der Waals surface area contributed by atoms with E-state index in [2.05, 4.69) is 20.9 Å². The maximum absolute atomic E-state index is 10.5. The largest absolute Gasteiger partial charge is 0.478 e. The predicted molar refractivity (Wildman–Crippen MR) is 44.3 cm³/mol. The first kappa shape index (κ1) is 8.86. The number of aromatic nitrogens is 1. The van der Waals surface area contributed by atoms with E-state index in [4.69, 9.17) is 5.11 Å². The topological polar surface area (TPSA) is 67.3 Å². The first-order valence-corrected chi connectivity index (χ1v) is 3.78. The number of halogens is 1. The molecule has 12 heavy (non-hydrogen) atoms. The Morgan fingerprint density at radius 1 is 1.67 bits per heavy atom. The molecule has 5 heteroatoms. The number of carbonyl (C=O) groups is 2. The molecule has 0 saturated heterocycles. The van der Waals surface area contributed by atoms with Gasteiger partial charge in [-0.05, 0) is 22.0 Å². The van der Waals surface area contributed by atoms with Crippen LogP contribution in [0.5, 0.6) is 0 Å². The standard InChI is InChI=1S/C7H4BrNO3/c8-4-1-5(7(11)12)6(3-10)9-2-4/h1-3H,(H,11,12). The Morgan fingerprint density at radius 2 is 2.33 bits per heavy atom. The van der Waals surface area contributed by atoms with Crippen LogP contribution in [0.4, 0.5) is 0 Å². The molecule has 0 atom stereocenters. The van der Waals surface area contributed by atoms with Gasteiger partial charge in [-0.25, -0.2) is 4.79 Å². The van der Waals surface area contributed by atoms with Crippen molar-refractivity contribution in [3.05, 3.63) is 28.0 Å². The molecule has 0 bridgehead atoms. The number of rotatable bonds is 2. The zero-order chi connectivity index (χ0) is 9.14. The molecular weight excluding hydrogens is 226 g/mol. The highest BCUT2D eigenvalue weighted by Crippen LogP contribution is 2.12. The summed E-state index contributed by atoms with van der Waals surface area (Å²) in [5.74, 6) is -1.16. The predicted octanol–water partition coefficient (Wildman–Crippen LogP) is 1.35. The average Bonchev–Trinajstić information content (AvgIpc) is 2.04. The van der Waals surface area contributed by atoms with Gasteiger partial charge >= 0.3 is 5.97 Å². The Labute approximate surface area is 76.4 Å². The highest BCUT2D eigenvalue weighted by Gasteiger charge is 2.10. The molecule has 0 fully saturated rings. The van der Waals surface area contributed by atoms with Crippen molar-refractivity contribution in [1.29, 1.82) is 0 Å². The second-order valence-electron chi connectivity index (χ2n) is 2.01. The van der Waals surface area contributed by atoms with Gasteiger partial charge in [-0.1, -0.05) is 0 Å². The van der Waals surface area contributed by atoms with E-state index in [0.717, 1.165) is 0 Å². The quantitative estimate of drug-likeness (QED) is 0.778. The maximum Gasteiger partial charge on any atom is 0.338 e. The molecular formula is C7H4BrNO3. The summed E-state index contributed by atoms with van der Waals surface area (Å²) in [4.78, 5) is 24.4. The second-order valence-corrected chi connectivity index (χ2v) is 2.93. The highest BCUT2D eigenvalue weighted by atomic mass is 79.9. The lowest BCUT2D eigenvalue weighted by atomic mass is 10.2. The van der Waals surface area contributed by atoms with Crippen LogP contribution in [0.15, 0.2) is 16.7 Å². The molecule has 4 nitrogen and oxygen atoms in total. The normalized spacial score (nSPS) is 9.42. The van der Waals surface area contributed by atoms with Gasteiger partial charge in [-0.3, -0.25) is 9.78 Å². The summed E-state index contributed by atoms with van der Waals surface area (Å²) in [6.45, 7) is 0. The average molecular weight is 230 g/mol. The molecule has 0 saturated carbocycles. The maximum atomic E-state index is 10.5. The fourth-order valence-electron chi connectivity index (χ4n) is 0.715. The first-order valence-electron chi connectivity index (χ1n) is 2.99. The van der Waals surface area contributed by atoms with Gasteiger partial charge in [0.25, 0.3) is 0 Å². The van der Waals surface area contributed by atoms with Gasteiger partial charge in [-0.15, -0.1) is 0 Å². The smallest absolute Gasteiger partial charge is 0.338 e. The lowest BCUT2D eigenvalue weighted by Crippen LogP contribution is -2.03. The van der Waals surface area contributed by atoms with Crippen molar-refractivity contribution in [2.75, 3.05) is 0 Å². The summed E-state index contributed by atoms with van der Waals surface area (Å²) in [7, 11) is 0. The molecule has 0 aliphatic rings. The monoisotopic (exact) mass is 229 g/mol. The number of carboxylic acid groups (broad SMARTS) is 1. The van der Waals surface area contributed by atoms with Gasteiger partial charge in [0, 0.05) is 10.7 Å². The molecule has 0 spiro atoms. The summed E-state index contributed by atoms with van der Waals surface area (Å²) in [6.07, 6.45) is 1.78. The fourth-order valence-corrected chi connectivity index (χ4v) is 1.05. The van der Waals surface area contributed by atoms with Crippen molar-refractivity contribution < 1.29 is 14.7 Å². The van der Waals surface area contributed by atoms with E-state index < -0.39 is 5.97 Å². The number of nitrogens with zero attached hydrogens (tertiary/aromatic N) is 1. The molecule has 0 amide bonds. The van der Waals surface area contributed by atoms with E-state index in [1.165, 1.54) is 12.3 Å². The molecule has 1 heterocycles. The number of hydrogen-bond donors (Lipinski definition) is 1. The van der Waals surface area contributed by atoms with Crippen molar-refractivity contribution in [1.82, 2.24) is 4.98 Å². The first-order chi connectivity index (χ1) is 5.65. The Kier molecular flexibility index (Phi) is 2.54. The Balaban J connectivity index is 3.30. The van der Waals surface area contributed by atoms with Crippen LogP contribution in [-0.4, -0.2) is 22.3 Å². The van der Waals surface area contributed by atoms with Crippen LogP contribution < -0.4 is 0 Å². The van der Waals surface area contributed by atoms with Crippen LogP contribution in [0.1, 0.15) is 20.8 Å². The molecule has 0 unspecified atom stereocenters. The van der Waals surface area contributed by atoms with Crippen LogP contribution in [0.25, 0.3) is 0 Å². The molecule has 1 rings (SSSR count). The number of pyridine rings is 1. The number of hydrogen-bond acceptors (Lipinski definition) is 3. The van der Waals surface area contributed by atoms with Crippen molar-refractivity contribution in [3.8, 4) is 0 Å². The van der Waals surface area contributed by atoms with Crippen molar-refractivity contribution in [2.45, 2.75) is 0 Å². The van der Waals surface area contributed by atoms with Crippen LogP contribution in [0, 0.1) is 0 Å². The van der Waals surface area contributed by atoms with E-state index in [9.17, 15) is 9.59 Å². The van der Waals surface area contributed by atoms with Crippen molar-refractivity contribution in [3.63, 3.8) is 0 Å². The molecule has 0 aromatic carbocycles. The Morgan fingerprint density at radius 3 is 2.83 bits per heavy atom. The van der Waals surface area contributed by atoms with Crippen molar-refractivity contribution >= 4 is 28.2 Å².